The van der Waals surface area contributed by atoms with Gasteiger partial charge in [0.2, 0.25) is 5.91 Å². The van der Waals surface area contributed by atoms with Gasteiger partial charge in [0.05, 0.1) is 18.2 Å². The van der Waals surface area contributed by atoms with Crippen molar-refractivity contribution in [2.75, 3.05) is 6.54 Å². The molecule has 21 heavy (non-hydrogen) atoms. The van der Waals surface area contributed by atoms with Gasteiger partial charge in [-0.3, -0.25) is 4.79 Å². The minimum absolute atomic E-state index is 0.245. The smallest absolute Gasteiger partial charge is 0.406 e. The summed E-state index contributed by atoms with van der Waals surface area (Å²) in [5.74, 6) is -0.373. The van der Waals surface area contributed by atoms with Crippen molar-refractivity contribution in [2.24, 2.45) is 11.1 Å². The minimum atomic E-state index is -4.49. The summed E-state index contributed by atoms with van der Waals surface area (Å²) in [7, 11) is 0. The van der Waals surface area contributed by atoms with E-state index in [0.717, 1.165) is 4.90 Å². The van der Waals surface area contributed by atoms with Crippen molar-refractivity contribution in [1.29, 1.82) is 0 Å². The average Bonchev–Trinajstić information content (AvgIpc) is 2.76. The molecule has 0 radical (unpaired) electrons. The van der Waals surface area contributed by atoms with E-state index in [1.165, 1.54) is 12.3 Å². The van der Waals surface area contributed by atoms with Crippen molar-refractivity contribution in [3.63, 3.8) is 0 Å². The van der Waals surface area contributed by atoms with E-state index >= 15 is 0 Å². The zero-order valence-corrected chi connectivity index (χ0v) is 12.6. The number of rotatable bonds is 5. The molecule has 1 rings (SSSR count). The number of carbonyl (C=O) groups excluding carboxylic acids is 1. The van der Waals surface area contributed by atoms with Crippen LogP contribution in [0.25, 0.3) is 0 Å². The fourth-order valence-corrected chi connectivity index (χ4v) is 1.68. The fraction of sp³-hybridized carbons (Fsp3) is 0.643. The lowest BCUT2D eigenvalue weighted by atomic mass is 9.74. The maximum Gasteiger partial charge on any atom is 0.406 e. The Labute approximate surface area is 122 Å². The van der Waals surface area contributed by atoms with Crippen LogP contribution in [0.3, 0.4) is 0 Å². The molecule has 0 aromatic carbocycles. The molecule has 1 amide bonds. The van der Waals surface area contributed by atoms with Crippen molar-refractivity contribution in [2.45, 2.75) is 46.0 Å². The molecule has 7 heteroatoms. The number of hydrogen-bond donors (Lipinski definition) is 1. The summed E-state index contributed by atoms with van der Waals surface area (Å²) in [6, 6.07) is 3.08. The molecule has 0 unspecified atom stereocenters. The lowest BCUT2D eigenvalue weighted by Crippen LogP contribution is -2.57. The van der Waals surface area contributed by atoms with Gasteiger partial charge in [0.1, 0.15) is 12.3 Å². The molecule has 1 aromatic heterocycles. The van der Waals surface area contributed by atoms with Crippen molar-refractivity contribution in [3.8, 4) is 0 Å². The number of hydrogen-bond acceptors (Lipinski definition) is 3. The second-order valence-corrected chi connectivity index (χ2v) is 6.20. The van der Waals surface area contributed by atoms with E-state index in [-0.39, 0.29) is 6.54 Å². The van der Waals surface area contributed by atoms with E-state index in [1.807, 2.05) is 0 Å². The van der Waals surface area contributed by atoms with Gasteiger partial charge in [0.15, 0.2) is 0 Å². The van der Waals surface area contributed by atoms with E-state index < -0.39 is 29.6 Å². The molecule has 1 heterocycles. The molecule has 2 N–H and O–H groups in total. The van der Waals surface area contributed by atoms with Gasteiger partial charge in [-0.2, -0.15) is 13.2 Å². The number of halogens is 3. The first-order chi connectivity index (χ1) is 9.34. The van der Waals surface area contributed by atoms with E-state index in [0.29, 0.717) is 5.76 Å². The predicted molar refractivity (Wildman–Crippen MR) is 72.2 cm³/mol. The van der Waals surface area contributed by atoms with Gasteiger partial charge < -0.3 is 15.1 Å². The van der Waals surface area contributed by atoms with E-state index in [1.54, 1.807) is 33.8 Å². The summed E-state index contributed by atoms with van der Waals surface area (Å²) in [6.45, 7) is 4.73. The zero-order valence-electron chi connectivity index (χ0n) is 12.6. The first-order valence-electron chi connectivity index (χ1n) is 6.52. The Hall–Kier alpha value is -1.50. The van der Waals surface area contributed by atoms with E-state index in [9.17, 15) is 18.0 Å². The Bertz CT molecular complexity index is 473. The van der Waals surface area contributed by atoms with E-state index in [2.05, 4.69) is 0 Å². The zero-order chi connectivity index (χ0) is 16.5. The van der Waals surface area contributed by atoms with Crippen LogP contribution in [0.4, 0.5) is 13.2 Å². The van der Waals surface area contributed by atoms with Crippen LogP contribution in [0.2, 0.25) is 0 Å². The third kappa shape index (κ3) is 4.49. The number of carbonyl (C=O) groups is 1. The molecule has 0 saturated heterocycles. The highest BCUT2D eigenvalue weighted by Gasteiger charge is 2.45. The van der Waals surface area contributed by atoms with Gasteiger partial charge >= 0.3 is 6.18 Å². The van der Waals surface area contributed by atoms with Gasteiger partial charge in [0.25, 0.3) is 0 Å². The van der Waals surface area contributed by atoms with Crippen LogP contribution in [0.5, 0.6) is 0 Å². The maximum atomic E-state index is 12.7. The van der Waals surface area contributed by atoms with Gasteiger partial charge in [-0.25, -0.2) is 0 Å². The number of nitrogens with zero attached hydrogens (tertiary/aromatic N) is 1. The van der Waals surface area contributed by atoms with Gasteiger partial charge in [0, 0.05) is 5.54 Å². The van der Waals surface area contributed by atoms with Crippen LogP contribution >= 0.6 is 0 Å². The molecule has 0 aliphatic heterocycles. The van der Waals surface area contributed by atoms with Gasteiger partial charge in [-0.1, -0.05) is 0 Å². The maximum absolute atomic E-state index is 12.7. The summed E-state index contributed by atoms with van der Waals surface area (Å²) in [5.41, 5.74) is 3.83. The summed E-state index contributed by atoms with van der Waals surface area (Å²) in [4.78, 5) is 13.2. The van der Waals surface area contributed by atoms with Crippen molar-refractivity contribution in [1.82, 2.24) is 4.90 Å². The molecule has 0 fully saturated rings. The molecule has 0 atom stereocenters. The van der Waals surface area contributed by atoms with Crippen LogP contribution in [0, 0.1) is 5.41 Å². The quantitative estimate of drug-likeness (QED) is 0.910. The SMILES string of the molecule is CC(C)(N)C(C)(C)C(=O)N(Cc1ccco1)CC(F)(F)F. The predicted octanol–water partition coefficient (Wildman–Crippen LogP) is 2.93. The Morgan fingerprint density at radius 1 is 1.29 bits per heavy atom. The highest BCUT2D eigenvalue weighted by Crippen LogP contribution is 2.32. The summed E-state index contributed by atoms with van der Waals surface area (Å²) in [6.07, 6.45) is -3.14. The Morgan fingerprint density at radius 3 is 2.24 bits per heavy atom. The Morgan fingerprint density at radius 2 is 1.86 bits per heavy atom. The first kappa shape index (κ1) is 17.6. The largest absolute Gasteiger partial charge is 0.467 e. The van der Waals surface area contributed by atoms with Crippen LogP contribution in [0.15, 0.2) is 22.8 Å². The summed E-state index contributed by atoms with van der Waals surface area (Å²) in [5, 5.41) is 0. The molecular weight excluding hydrogens is 285 g/mol. The lowest BCUT2D eigenvalue weighted by Gasteiger charge is -2.40. The molecule has 0 spiro atoms. The number of nitrogens with two attached hydrogens (primary N) is 1. The Kier molecular flexibility index (Phi) is 4.77. The normalized spacial score (nSPS) is 13.3. The standard InChI is InChI=1S/C14H21F3N2O2/c1-12(2,13(3,4)18)11(20)19(9-14(15,16)17)8-10-6-5-7-21-10/h5-7H,8-9,18H2,1-4H3. The Balaban J connectivity index is 3.03. The monoisotopic (exact) mass is 306 g/mol. The van der Waals surface area contributed by atoms with Gasteiger partial charge in [-0.05, 0) is 39.8 Å². The third-order valence-electron chi connectivity index (χ3n) is 3.73. The molecule has 0 bridgehead atoms. The number of furan rings is 1. The average molecular weight is 306 g/mol. The molecule has 4 nitrogen and oxygen atoms in total. The van der Waals surface area contributed by atoms with Crippen LogP contribution in [0.1, 0.15) is 33.5 Å². The molecule has 0 saturated carbocycles. The topological polar surface area (TPSA) is 59.5 Å². The third-order valence-corrected chi connectivity index (χ3v) is 3.73. The van der Waals surface area contributed by atoms with Crippen LogP contribution < -0.4 is 5.73 Å². The molecule has 0 aliphatic rings. The minimum Gasteiger partial charge on any atom is -0.467 e. The summed E-state index contributed by atoms with van der Waals surface area (Å²) < 4.78 is 43.2. The summed E-state index contributed by atoms with van der Waals surface area (Å²) >= 11 is 0. The van der Waals surface area contributed by atoms with Gasteiger partial charge in [-0.15, -0.1) is 0 Å². The fourth-order valence-electron chi connectivity index (χ4n) is 1.68. The second kappa shape index (κ2) is 5.71. The van der Waals surface area contributed by atoms with Crippen molar-refractivity contribution in [3.05, 3.63) is 24.2 Å². The molecule has 120 valence electrons. The molecule has 0 aliphatic carbocycles. The number of amides is 1. The van der Waals surface area contributed by atoms with Crippen LogP contribution in [-0.2, 0) is 11.3 Å². The lowest BCUT2D eigenvalue weighted by molar-refractivity contribution is -0.170. The first-order valence-corrected chi connectivity index (χ1v) is 6.52. The van der Waals surface area contributed by atoms with E-state index in [4.69, 9.17) is 10.2 Å². The second-order valence-electron chi connectivity index (χ2n) is 6.20. The highest BCUT2D eigenvalue weighted by atomic mass is 19.4. The van der Waals surface area contributed by atoms with Crippen molar-refractivity contribution < 1.29 is 22.4 Å². The highest BCUT2D eigenvalue weighted by molar-refractivity contribution is 5.83. The van der Waals surface area contributed by atoms with Crippen LogP contribution in [-0.4, -0.2) is 29.1 Å². The van der Waals surface area contributed by atoms with Crippen molar-refractivity contribution >= 4 is 5.91 Å². The number of alkyl halides is 3. The molecule has 1 aromatic rings. The molecular formula is C14H21F3N2O2.